The van der Waals surface area contributed by atoms with Crippen LogP contribution in [-0.2, 0) is 6.54 Å². The Bertz CT molecular complexity index is 299. The van der Waals surface area contributed by atoms with Gasteiger partial charge in [-0.1, -0.05) is 12.1 Å². The highest BCUT2D eigenvalue weighted by Crippen LogP contribution is 2.08. The van der Waals surface area contributed by atoms with E-state index in [1.165, 1.54) is 6.07 Å². The van der Waals surface area contributed by atoms with Gasteiger partial charge in [0.05, 0.1) is 6.10 Å². The van der Waals surface area contributed by atoms with E-state index >= 15 is 0 Å². The molecule has 0 saturated carbocycles. The highest BCUT2D eigenvalue weighted by molar-refractivity contribution is 5.23. The monoisotopic (exact) mass is 197 g/mol. The van der Waals surface area contributed by atoms with Gasteiger partial charge in [-0.25, -0.2) is 4.39 Å². The van der Waals surface area contributed by atoms with Gasteiger partial charge in [-0.3, -0.25) is 0 Å². The summed E-state index contributed by atoms with van der Waals surface area (Å²) in [7, 11) is 0. The van der Waals surface area contributed by atoms with Crippen molar-refractivity contribution in [2.24, 2.45) is 0 Å². The van der Waals surface area contributed by atoms with Crippen LogP contribution in [0, 0.1) is 12.7 Å². The van der Waals surface area contributed by atoms with Gasteiger partial charge in [0.1, 0.15) is 5.82 Å². The zero-order valence-corrected chi connectivity index (χ0v) is 8.55. The lowest BCUT2D eigenvalue weighted by atomic mass is 10.1. The van der Waals surface area contributed by atoms with Crippen LogP contribution < -0.4 is 5.32 Å². The minimum Gasteiger partial charge on any atom is -0.392 e. The molecule has 0 amide bonds. The lowest BCUT2D eigenvalue weighted by Crippen LogP contribution is -2.23. The van der Waals surface area contributed by atoms with Crippen LogP contribution in [0.4, 0.5) is 4.39 Å². The summed E-state index contributed by atoms with van der Waals surface area (Å²) in [6, 6.07) is 5.16. The van der Waals surface area contributed by atoms with E-state index in [1.54, 1.807) is 19.9 Å². The molecule has 0 aliphatic rings. The lowest BCUT2D eigenvalue weighted by Gasteiger charge is -2.07. The van der Waals surface area contributed by atoms with Gasteiger partial charge in [-0.15, -0.1) is 0 Å². The predicted molar refractivity (Wildman–Crippen MR) is 54.5 cm³/mol. The summed E-state index contributed by atoms with van der Waals surface area (Å²) in [6.45, 7) is 4.56. The molecule has 1 aromatic carbocycles. The Morgan fingerprint density at radius 2 is 2.21 bits per heavy atom. The smallest absolute Gasteiger partial charge is 0.126 e. The standard InChI is InChI=1S/C11H16FNO/c1-8-3-4-10(5-11(8)12)7-13-6-9(2)14/h3-5,9,13-14H,6-7H2,1-2H3. The van der Waals surface area contributed by atoms with E-state index in [-0.39, 0.29) is 11.9 Å². The molecule has 1 aromatic rings. The summed E-state index contributed by atoms with van der Waals surface area (Å²) < 4.78 is 13.1. The third-order valence-electron chi connectivity index (χ3n) is 2.01. The van der Waals surface area contributed by atoms with Crippen molar-refractivity contribution in [3.63, 3.8) is 0 Å². The molecule has 1 atom stereocenters. The lowest BCUT2D eigenvalue weighted by molar-refractivity contribution is 0.191. The Labute approximate surface area is 83.8 Å². The fourth-order valence-electron chi connectivity index (χ4n) is 1.17. The highest BCUT2D eigenvalue weighted by atomic mass is 19.1. The molecule has 0 fully saturated rings. The predicted octanol–water partition coefficient (Wildman–Crippen LogP) is 1.60. The molecule has 14 heavy (non-hydrogen) atoms. The first-order chi connectivity index (χ1) is 6.59. The number of aliphatic hydroxyl groups excluding tert-OH is 1. The van der Waals surface area contributed by atoms with Crippen molar-refractivity contribution in [3.8, 4) is 0 Å². The quantitative estimate of drug-likeness (QED) is 0.768. The van der Waals surface area contributed by atoms with Gasteiger partial charge in [-0.2, -0.15) is 0 Å². The molecule has 1 rings (SSSR count). The zero-order valence-electron chi connectivity index (χ0n) is 8.55. The van der Waals surface area contributed by atoms with E-state index in [1.807, 2.05) is 6.07 Å². The number of aryl methyl sites for hydroxylation is 1. The average Bonchev–Trinajstić information content (AvgIpc) is 2.10. The third-order valence-corrected chi connectivity index (χ3v) is 2.01. The molecule has 0 spiro atoms. The van der Waals surface area contributed by atoms with Crippen LogP contribution in [0.5, 0.6) is 0 Å². The molecule has 0 aliphatic carbocycles. The minimum atomic E-state index is -0.370. The molecule has 3 heteroatoms. The van der Waals surface area contributed by atoms with Crippen LogP contribution in [0.25, 0.3) is 0 Å². The molecule has 78 valence electrons. The van der Waals surface area contributed by atoms with Gasteiger partial charge in [0.2, 0.25) is 0 Å². The zero-order chi connectivity index (χ0) is 10.6. The van der Waals surface area contributed by atoms with Crippen LogP contribution >= 0.6 is 0 Å². The second kappa shape index (κ2) is 5.08. The van der Waals surface area contributed by atoms with Crippen molar-refractivity contribution in [3.05, 3.63) is 35.1 Å². The van der Waals surface area contributed by atoms with E-state index in [2.05, 4.69) is 5.32 Å². The number of aliphatic hydroxyl groups is 1. The van der Waals surface area contributed by atoms with Gasteiger partial charge in [-0.05, 0) is 31.0 Å². The molecule has 0 saturated heterocycles. The summed E-state index contributed by atoms with van der Waals surface area (Å²) in [5.41, 5.74) is 1.55. The SMILES string of the molecule is Cc1ccc(CNCC(C)O)cc1F. The van der Waals surface area contributed by atoms with Crippen LogP contribution in [0.1, 0.15) is 18.1 Å². The maximum Gasteiger partial charge on any atom is 0.126 e. The van der Waals surface area contributed by atoms with Crippen LogP contribution in [0.2, 0.25) is 0 Å². The van der Waals surface area contributed by atoms with E-state index in [0.717, 1.165) is 5.56 Å². The summed E-state index contributed by atoms with van der Waals surface area (Å²) >= 11 is 0. The molecule has 1 unspecified atom stereocenters. The minimum absolute atomic E-state index is 0.179. The van der Waals surface area contributed by atoms with Crippen molar-refractivity contribution in [2.75, 3.05) is 6.54 Å². The van der Waals surface area contributed by atoms with Gasteiger partial charge in [0.25, 0.3) is 0 Å². The van der Waals surface area contributed by atoms with Gasteiger partial charge in [0, 0.05) is 13.1 Å². The Kier molecular flexibility index (Phi) is 4.04. The van der Waals surface area contributed by atoms with Crippen molar-refractivity contribution in [1.82, 2.24) is 5.32 Å². The normalized spacial score (nSPS) is 12.9. The van der Waals surface area contributed by atoms with E-state index in [9.17, 15) is 4.39 Å². The fourth-order valence-corrected chi connectivity index (χ4v) is 1.17. The third kappa shape index (κ3) is 3.44. The van der Waals surface area contributed by atoms with Crippen LogP contribution in [0.15, 0.2) is 18.2 Å². The molecule has 2 nitrogen and oxygen atoms in total. The molecule has 0 radical (unpaired) electrons. The first-order valence-corrected chi connectivity index (χ1v) is 4.73. The maximum atomic E-state index is 13.1. The van der Waals surface area contributed by atoms with Crippen LogP contribution in [-0.4, -0.2) is 17.8 Å². The molecule has 2 N–H and O–H groups in total. The largest absolute Gasteiger partial charge is 0.392 e. The summed E-state index contributed by atoms with van der Waals surface area (Å²) in [5.74, 6) is -0.179. The summed E-state index contributed by atoms with van der Waals surface area (Å²) in [4.78, 5) is 0. The molecular weight excluding hydrogens is 181 g/mol. The Hall–Kier alpha value is -0.930. The van der Waals surface area contributed by atoms with E-state index < -0.39 is 0 Å². The second-order valence-electron chi connectivity index (χ2n) is 3.56. The summed E-state index contributed by atoms with van der Waals surface area (Å²) in [5, 5.41) is 12.0. The van der Waals surface area contributed by atoms with Crippen LogP contribution in [0.3, 0.4) is 0 Å². The van der Waals surface area contributed by atoms with Gasteiger partial charge >= 0.3 is 0 Å². The van der Waals surface area contributed by atoms with Gasteiger partial charge < -0.3 is 10.4 Å². The molecule has 0 aromatic heterocycles. The number of rotatable bonds is 4. The Morgan fingerprint density at radius 3 is 2.79 bits per heavy atom. The number of hydrogen-bond donors (Lipinski definition) is 2. The van der Waals surface area contributed by atoms with Crippen molar-refractivity contribution >= 4 is 0 Å². The highest BCUT2D eigenvalue weighted by Gasteiger charge is 1.99. The van der Waals surface area contributed by atoms with E-state index in [4.69, 9.17) is 5.11 Å². The Morgan fingerprint density at radius 1 is 1.50 bits per heavy atom. The van der Waals surface area contributed by atoms with E-state index in [0.29, 0.717) is 18.7 Å². The number of benzene rings is 1. The molecule has 0 bridgehead atoms. The van der Waals surface area contributed by atoms with Crippen molar-refractivity contribution < 1.29 is 9.50 Å². The molecule has 0 aliphatic heterocycles. The van der Waals surface area contributed by atoms with Gasteiger partial charge in [0.15, 0.2) is 0 Å². The molecular formula is C11H16FNO. The first-order valence-electron chi connectivity index (χ1n) is 4.73. The summed E-state index contributed by atoms with van der Waals surface area (Å²) in [6.07, 6.45) is -0.370. The number of nitrogens with one attached hydrogen (secondary N) is 1. The topological polar surface area (TPSA) is 32.3 Å². The van der Waals surface area contributed by atoms with Crippen molar-refractivity contribution in [1.29, 1.82) is 0 Å². The Balaban J connectivity index is 2.47. The fraction of sp³-hybridized carbons (Fsp3) is 0.455. The average molecular weight is 197 g/mol. The maximum absolute atomic E-state index is 13.1. The number of hydrogen-bond acceptors (Lipinski definition) is 2. The van der Waals surface area contributed by atoms with Crippen molar-refractivity contribution in [2.45, 2.75) is 26.5 Å². The molecule has 0 heterocycles. The second-order valence-corrected chi connectivity index (χ2v) is 3.56. The first kappa shape index (κ1) is 11.1. The number of halogens is 1.